The summed E-state index contributed by atoms with van der Waals surface area (Å²) in [7, 11) is 0. The average molecular weight is 479 g/mol. The maximum atomic E-state index is 13.8. The number of rotatable bonds is 5. The van der Waals surface area contributed by atoms with Gasteiger partial charge in [-0.15, -0.1) is 0 Å². The van der Waals surface area contributed by atoms with E-state index >= 15 is 0 Å². The van der Waals surface area contributed by atoms with Crippen molar-refractivity contribution in [2.75, 3.05) is 11.5 Å². The number of imide groups is 1. The lowest BCUT2D eigenvalue weighted by Gasteiger charge is -2.32. The van der Waals surface area contributed by atoms with Crippen LogP contribution in [0.5, 0.6) is 5.75 Å². The second-order valence-electron chi connectivity index (χ2n) is 9.46. The van der Waals surface area contributed by atoms with Gasteiger partial charge in [0.05, 0.1) is 65.2 Å². The summed E-state index contributed by atoms with van der Waals surface area (Å²) in [6.07, 6.45) is -1.04. The lowest BCUT2D eigenvalue weighted by molar-refractivity contribution is -0.128. The lowest BCUT2D eigenvalue weighted by Crippen LogP contribution is -2.45. The highest BCUT2D eigenvalue weighted by Gasteiger charge is 2.72. The van der Waals surface area contributed by atoms with E-state index in [2.05, 4.69) is 12.1 Å². The second kappa shape index (κ2) is 8.17. The summed E-state index contributed by atoms with van der Waals surface area (Å²) in [6, 6.07) is 21.4. The Morgan fingerprint density at radius 1 is 1.00 bits per heavy atom. The minimum Gasteiger partial charge on any atom is -0.493 e. The van der Waals surface area contributed by atoms with Gasteiger partial charge in [0.1, 0.15) is 5.75 Å². The van der Waals surface area contributed by atoms with Crippen LogP contribution in [-0.2, 0) is 14.3 Å². The van der Waals surface area contributed by atoms with Crippen LogP contribution in [0.3, 0.4) is 0 Å². The molecular formula is C28H21N3O5. The van der Waals surface area contributed by atoms with Crippen LogP contribution in [-0.4, -0.2) is 41.3 Å². The molecule has 1 N–H and O–H groups in total. The largest absolute Gasteiger partial charge is 0.493 e. The summed E-state index contributed by atoms with van der Waals surface area (Å²) in [6.45, 7) is 0.218. The number of hydrogen-bond donors (Lipinski definition) is 1. The number of fused-ring (bicyclic) bond motifs is 6. The molecule has 8 heteroatoms. The molecule has 178 valence electrons. The molecule has 6 rings (SSSR count). The molecule has 2 amide bonds. The summed E-state index contributed by atoms with van der Waals surface area (Å²) in [5, 5.41) is 30.4. The van der Waals surface area contributed by atoms with Gasteiger partial charge < -0.3 is 14.6 Å². The van der Waals surface area contributed by atoms with Gasteiger partial charge >= 0.3 is 0 Å². The smallest absolute Gasteiger partial charge is 0.240 e. The SMILES string of the molecule is N#Cc1ccc(OCCC23C[C@H](O)C(O2)[C@@H]2C(=O)N(c4ccc(C#N)c5ccccc45)C(=O)[C@@H]23)cc1. The Bertz CT molecular complexity index is 1490. The number of aliphatic hydroxyl groups excluding tert-OH is 1. The van der Waals surface area contributed by atoms with Gasteiger partial charge in [-0.2, -0.15) is 10.5 Å². The predicted octanol–water partition coefficient (Wildman–Crippen LogP) is 3.06. The molecule has 8 nitrogen and oxygen atoms in total. The Balaban J connectivity index is 1.31. The van der Waals surface area contributed by atoms with Crippen molar-refractivity contribution >= 4 is 28.3 Å². The van der Waals surface area contributed by atoms with Crippen LogP contribution in [0, 0.1) is 34.5 Å². The molecule has 2 bridgehead atoms. The molecule has 36 heavy (non-hydrogen) atoms. The molecule has 0 aliphatic carbocycles. The van der Waals surface area contributed by atoms with Crippen molar-refractivity contribution in [1.29, 1.82) is 10.5 Å². The van der Waals surface area contributed by atoms with Crippen molar-refractivity contribution in [3.05, 3.63) is 71.8 Å². The third kappa shape index (κ3) is 3.12. The summed E-state index contributed by atoms with van der Waals surface area (Å²) < 4.78 is 12.0. The van der Waals surface area contributed by atoms with E-state index in [0.717, 1.165) is 0 Å². The first-order chi connectivity index (χ1) is 17.5. The van der Waals surface area contributed by atoms with E-state index in [1.807, 2.05) is 6.07 Å². The summed E-state index contributed by atoms with van der Waals surface area (Å²) in [5.74, 6) is -1.66. The molecule has 0 spiro atoms. The van der Waals surface area contributed by atoms with Crippen molar-refractivity contribution in [3.63, 3.8) is 0 Å². The number of nitrogens with zero attached hydrogens (tertiary/aromatic N) is 3. The predicted molar refractivity (Wildman–Crippen MR) is 128 cm³/mol. The number of carbonyl (C=O) groups is 2. The van der Waals surface area contributed by atoms with Crippen LogP contribution in [0.25, 0.3) is 10.8 Å². The van der Waals surface area contributed by atoms with Crippen LogP contribution in [0.4, 0.5) is 5.69 Å². The zero-order chi connectivity index (χ0) is 25.0. The number of carbonyl (C=O) groups excluding carboxylic acids is 2. The highest BCUT2D eigenvalue weighted by atomic mass is 16.5. The summed E-state index contributed by atoms with van der Waals surface area (Å²) in [4.78, 5) is 28.6. The molecule has 3 aliphatic rings. The van der Waals surface area contributed by atoms with Crippen molar-refractivity contribution in [1.82, 2.24) is 0 Å². The van der Waals surface area contributed by atoms with E-state index in [0.29, 0.717) is 39.8 Å². The maximum absolute atomic E-state index is 13.8. The van der Waals surface area contributed by atoms with Gasteiger partial charge in [0.2, 0.25) is 11.8 Å². The molecule has 0 aromatic heterocycles. The molecule has 0 radical (unpaired) electrons. The van der Waals surface area contributed by atoms with E-state index in [4.69, 9.17) is 14.7 Å². The molecular weight excluding hydrogens is 458 g/mol. The fourth-order valence-electron chi connectivity index (χ4n) is 6.05. The molecule has 0 saturated carbocycles. The van der Waals surface area contributed by atoms with Crippen LogP contribution in [0.1, 0.15) is 24.0 Å². The number of benzene rings is 3. The first-order valence-corrected chi connectivity index (χ1v) is 11.8. The quantitative estimate of drug-likeness (QED) is 0.558. The van der Waals surface area contributed by atoms with Gasteiger partial charge in [-0.05, 0) is 36.4 Å². The first kappa shape index (κ1) is 22.2. The number of ether oxygens (including phenoxy) is 2. The van der Waals surface area contributed by atoms with Gasteiger partial charge in [-0.25, -0.2) is 4.90 Å². The minimum atomic E-state index is -1.01. The molecule has 2 unspecified atom stereocenters. The van der Waals surface area contributed by atoms with Gasteiger partial charge in [0.25, 0.3) is 0 Å². The Morgan fingerprint density at radius 3 is 2.47 bits per heavy atom. The Kier molecular flexibility index (Phi) is 5.04. The molecule has 5 atom stereocenters. The summed E-state index contributed by atoms with van der Waals surface area (Å²) >= 11 is 0. The monoisotopic (exact) mass is 479 g/mol. The Hall–Kier alpha value is -4.24. The van der Waals surface area contributed by atoms with Crippen molar-refractivity contribution in [2.45, 2.75) is 30.7 Å². The molecule has 3 aromatic carbocycles. The fourth-order valence-corrected chi connectivity index (χ4v) is 6.05. The molecule has 3 saturated heterocycles. The third-order valence-corrected chi connectivity index (χ3v) is 7.62. The van der Waals surface area contributed by atoms with Crippen molar-refractivity contribution in [3.8, 4) is 17.9 Å². The van der Waals surface area contributed by atoms with Crippen molar-refractivity contribution in [2.24, 2.45) is 11.8 Å². The van der Waals surface area contributed by atoms with E-state index < -0.39 is 35.6 Å². The first-order valence-electron chi connectivity index (χ1n) is 11.8. The topological polar surface area (TPSA) is 124 Å². The number of anilines is 1. The molecule has 3 heterocycles. The van der Waals surface area contributed by atoms with E-state index in [1.54, 1.807) is 54.6 Å². The Morgan fingerprint density at radius 2 is 1.75 bits per heavy atom. The second-order valence-corrected chi connectivity index (χ2v) is 9.46. The standard InChI is InChI=1S/C28H21N3O5/c29-14-16-5-8-18(9-6-16)35-12-11-28-13-22(32)25(36-28)23-24(28)27(34)31(26(23)33)21-10-7-17(15-30)19-3-1-2-4-20(19)21/h1-10,22-25,32H,11-13H2/t22-,23+,24+,25?,28?/m0/s1. The van der Waals surface area contributed by atoms with E-state index in [1.165, 1.54) is 4.90 Å². The van der Waals surface area contributed by atoms with Gasteiger partial charge in [-0.1, -0.05) is 24.3 Å². The van der Waals surface area contributed by atoms with Crippen LogP contribution in [0.15, 0.2) is 60.7 Å². The van der Waals surface area contributed by atoms with Gasteiger partial charge in [-0.3, -0.25) is 9.59 Å². The number of aliphatic hydroxyl groups is 1. The van der Waals surface area contributed by atoms with Crippen LogP contribution < -0.4 is 9.64 Å². The number of nitriles is 2. The highest BCUT2D eigenvalue weighted by Crippen LogP contribution is 2.57. The van der Waals surface area contributed by atoms with Crippen LogP contribution >= 0.6 is 0 Å². The zero-order valence-electron chi connectivity index (χ0n) is 19.1. The zero-order valence-corrected chi connectivity index (χ0v) is 19.1. The average Bonchev–Trinajstić information content (AvgIpc) is 3.50. The molecule has 3 aliphatic heterocycles. The van der Waals surface area contributed by atoms with E-state index in [-0.39, 0.29) is 18.9 Å². The summed E-state index contributed by atoms with van der Waals surface area (Å²) in [5.41, 5.74) is 0.413. The fraction of sp³-hybridized carbons (Fsp3) is 0.286. The maximum Gasteiger partial charge on any atom is 0.240 e. The lowest BCUT2D eigenvalue weighted by atomic mass is 9.70. The third-order valence-electron chi connectivity index (χ3n) is 7.62. The highest BCUT2D eigenvalue weighted by molar-refractivity contribution is 6.26. The normalized spacial score (nSPS) is 28.2. The number of hydrogen-bond acceptors (Lipinski definition) is 7. The van der Waals surface area contributed by atoms with Crippen LogP contribution in [0.2, 0.25) is 0 Å². The Labute approximate surface area is 206 Å². The minimum absolute atomic E-state index is 0.218. The number of amides is 2. The van der Waals surface area contributed by atoms with E-state index in [9.17, 15) is 20.0 Å². The van der Waals surface area contributed by atoms with Gasteiger partial charge in [0, 0.05) is 23.6 Å². The van der Waals surface area contributed by atoms with Gasteiger partial charge in [0.15, 0.2) is 0 Å². The van der Waals surface area contributed by atoms with Crippen molar-refractivity contribution < 1.29 is 24.2 Å². The molecule has 3 aromatic rings. The molecule has 3 fully saturated rings.